The summed E-state index contributed by atoms with van der Waals surface area (Å²) in [6.45, 7) is 4.60. The first-order valence-corrected chi connectivity index (χ1v) is 7.70. The van der Waals surface area contributed by atoms with E-state index in [1.165, 1.54) is 12.8 Å². The lowest BCUT2D eigenvalue weighted by Gasteiger charge is -2.27. The van der Waals surface area contributed by atoms with Crippen LogP contribution in [0.5, 0.6) is 0 Å². The van der Waals surface area contributed by atoms with Gasteiger partial charge in [-0.25, -0.2) is 0 Å². The third-order valence-electron chi connectivity index (χ3n) is 4.18. The molecule has 0 radical (unpaired) electrons. The van der Waals surface area contributed by atoms with E-state index in [2.05, 4.69) is 24.1 Å². The molecule has 3 heteroatoms. The molecule has 0 atom stereocenters. The number of rotatable bonds is 2. The summed E-state index contributed by atoms with van der Waals surface area (Å²) in [4.78, 5) is 12.3. The van der Waals surface area contributed by atoms with Crippen molar-refractivity contribution in [2.24, 2.45) is 11.7 Å². The Kier molecular flexibility index (Phi) is 5.41. The van der Waals surface area contributed by atoms with Gasteiger partial charge in [-0.3, -0.25) is 4.79 Å². The van der Waals surface area contributed by atoms with E-state index in [-0.39, 0.29) is 5.91 Å². The van der Waals surface area contributed by atoms with Crippen molar-refractivity contribution in [2.75, 3.05) is 6.54 Å². The Morgan fingerprint density at radius 3 is 2.71 bits per heavy atom. The second-order valence-corrected chi connectivity index (χ2v) is 5.97. The predicted molar refractivity (Wildman–Crippen MR) is 86.0 cm³/mol. The van der Waals surface area contributed by atoms with Crippen LogP contribution in [0.1, 0.15) is 54.1 Å². The maximum Gasteiger partial charge on any atom is 0.251 e. The second-order valence-electron chi connectivity index (χ2n) is 5.97. The van der Waals surface area contributed by atoms with Crippen molar-refractivity contribution in [3.63, 3.8) is 0 Å². The quantitative estimate of drug-likeness (QED) is 0.820. The number of carbonyl (C=O) groups excluding carboxylic acids is 1. The van der Waals surface area contributed by atoms with Crippen molar-refractivity contribution in [3.8, 4) is 11.8 Å². The molecule has 1 aliphatic carbocycles. The van der Waals surface area contributed by atoms with Crippen LogP contribution in [0.4, 0.5) is 0 Å². The van der Waals surface area contributed by atoms with E-state index in [4.69, 9.17) is 5.73 Å². The summed E-state index contributed by atoms with van der Waals surface area (Å²) >= 11 is 0. The molecule has 112 valence electrons. The lowest BCUT2D eigenvalue weighted by molar-refractivity contribution is 0.0923. The molecular formula is C18H24N2O. The Balaban J connectivity index is 2.05. The van der Waals surface area contributed by atoms with E-state index in [1.807, 2.05) is 25.1 Å². The number of nitrogens with two attached hydrogens (primary N) is 1. The van der Waals surface area contributed by atoms with Crippen molar-refractivity contribution in [2.45, 2.75) is 45.6 Å². The van der Waals surface area contributed by atoms with Gasteiger partial charge in [0.1, 0.15) is 0 Å². The highest BCUT2D eigenvalue weighted by Crippen LogP contribution is 2.23. The van der Waals surface area contributed by atoms with Gasteiger partial charge in [0.05, 0.1) is 6.54 Å². The van der Waals surface area contributed by atoms with Crippen LogP contribution < -0.4 is 11.1 Å². The smallest absolute Gasteiger partial charge is 0.251 e. The van der Waals surface area contributed by atoms with Gasteiger partial charge in [0, 0.05) is 17.2 Å². The first-order valence-electron chi connectivity index (χ1n) is 7.70. The van der Waals surface area contributed by atoms with Gasteiger partial charge < -0.3 is 11.1 Å². The first-order chi connectivity index (χ1) is 10.1. The normalized spacial score (nSPS) is 21.3. The van der Waals surface area contributed by atoms with Gasteiger partial charge in [0.25, 0.3) is 5.91 Å². The van der Waals surface area contributed by atoms with Crippen LogP contribution in [0.15, 0.2) is 18.2 Å². The van der Waals surface area contributed by atoms with E-state index in [0.29, 0.717) is 18.2 Å². The van der Waals surface area contributed by atoms with Crippen molar-refractivity contribution in [1.82, 2.24) is 5.32 Å². The third-order valence-corrected chi connectivity index (χ3v) is 4.18. The SMILES string of the molecule is Cc1ccc(C(=O)NC2CCC(C)CC2)cc1C#CCN. The fourth-order valence-corrected chi connectivity index (χ4v) is 2.72. The zero-order valence-corrected chi connectivity index (χ0v) is 12.9. The van der Waals surface area contributed by atoms with Crippen LogP contribution in [0.2, 0.25) is 0 Å². The Labute approximate surface area is 127 Å². The molecule has 21 heavy (non-hydrogen) atoms. The third kappa shape index (κ3) is 4.34. The average Bonchev–Trinajstić information content (AvgIpc) is 2.48. The van der Waals surface area contributed by atoms with Crippen LogP contribution in [-0.4, -0.2) is 18.5 Å². The second kappa shape index (κ2) is 7.28. The highest BCUT2D eigenvalue weighted by molar-refractivity contribution is 5.94. The summed E-state index contributed by atoms with van der Waals surface area (Å²) in [6.07, 6.45) is 4.56. The lowest BCUT2D eigenvalue weighted by Crippen LogP contribution is -2.37. The van der Waals surface area contributed by atoms with Crippen LogP contribution in [0.3, 0.4) is 0 Å². The molecule has 3 nitrogen and oxygen atoms in total. The number of amides is 1. The Hall–Kier alpha value is -1.79. The van der Waals surface area contributed by atoms with Crippen molar-refractivity contribution < 1.29 is 4.79 Å². The molecule has 1 aromatic carbocycles. The van der Waals surface area contributed by atoms with Gasteiger partial charge in [-0.2, -0.15) is 0 Å². The largest absolute Gasteiger partial charge is 0.349 e. The molecule has 0 bridgehead atoms. The van der Waals surface area contributed by atoms with Crippen LogP contribution in [0.25, 0.3) is 0 Å². The monoisotopic (exact) mass is 284 g/mol. The van der Waals surface area contributed by atoms with E-state index < -0.39 is 0 Å². The fraction of sp³-hybridized carbons (Fsp3) is 0.500. The maximum absolute atomic E-state index is 12.3. The summed E-state index contributed by atoms with van der Waals surface area (Å²) in [6, 6.07) is 5.98. The molecule has 0 heterocycles. The molecule has 0 aliphatic heterocycles. The number of benzene rings is 1. The Morgan fingerprint density at radius 2 is 2.05 bits per heavy atom. The van der Waals surface area contributed by atoms with Crippen molar-refractivity contribution >= 4 is 5.91 Å². The van der Waals surface area contributed by atoms with Gasteiger partial charge in [0.15, 0.2) is 0 Å². The summed E-state index contributed by atoms with van der Waals surface area (Å²) in [5, 5.41) is 3.15. The van der Waals surface area contributed by atoms with Crippen molar-refractivity contribution in [1.29, 1.82) is 0 Å². The zero-order chi connectivity index (χ0) is 15.2. The summed E-state index contributed by atoms with van der Waals surface area (Å²) in [7, 11) is 0. The Bertz CT molecular complexity index is 560. The van der Waals surface area contributed by atoms with E-state index in [9.17, 15) is 4.79 Å². The van der Waals surface area contributed by atoms with Crippen LogP contribution >= 0.6 is 0 Å². The maximum atomic E-state index is 12.3. The van der Waals surface area contributed by atoms with Crippen molar-refractivity contribution in [3.05, 3.63) is 34.9 Å². The molecule has 1 saturated carbocycles. The molecule has 1 aromatic rings. The van der Waals surface area contributed by atoms with E-state index >= 15 is 0 Å². The van der Waals surface area contributed by atoms with E-state index in [0.717, 1.165) is 29.9 Å². The highest BCUT2D eigenvalue weighted by atomic mass is 16.1. The molecule has 2 rings (SSSR count). The minimum Gasteiger partial charge on any atom is -0.349 e. The number of hydrogen-bond acceptors (Lipinski definition) is 2. The minimum atomic E-state index is 0.00496. The highest BCUT2D eigenvalue weighted by Gasteiger charge is 2.20. The summed E-state index contributed by atoms with van der Waals surface area (Å²) in [5.41, 5.74) is 8.04. The molecule has 0 spiro atoms. The molecule has 0 aromatic heterocycles. The topological polar surface area (TPSA) is 55.1 Å². The molecule has 1 fully saturated rings. The summed E-state index contributed by atoms with van der Waals surface area (Å²) in [5.74, 6) is 6.66. The van der Waals surface area contributed by atoms with Gasteiger partial charge in [0.2, 0.25) is 0 Å². The lowest BCUT2D eigenvalue weighted by atomic mass is 9.87. The van der Waals surface area contributed by atoms with Crippen LogP contribution in [0, 0.1) is 24.7 Å². The molecule has 0 saturated heterocycles. The molecule has 3 N–H and O–H groups in total. The standard InChI is InChI=1S/C18H24N2O/c1-13-5-9-17(10-6-13)20-18(21)16-8-7-14(2)15(12-16)4-3-11-19/h7-8,12-13,17H,5-6,9-11,19H2,1-2H3,(H,20,21). The first kappa shape index (κ1) is 15.6. The predicted octanol–water partition coefficient (Wildman–Crippen LogP) is 2.61. The average molecular weight is 284 g/mol. The number of hydrogen-bond donors (Lipinski definition) is 2. The number of carbonyl (C=O) groups is 1. The van der Waals surface area contributed by atoms with Crippen LogP contribution in [-0.2, 0) is 0 Å². The molecule has 1 aliphatic rings. The minimum absolute atomic E-state index is 0.00496. The fourth-order valence-electron chi connectivity index (χ4n) is 2.72. The summed E-state index contributed by atoms with van der Waals surface area (Å²) < 4.78 is 0. The molecular weight excluding hydrogens is 260 g/mol. The van der Waals surface area contributed by atoms with E-state index in [1.54, 1.807) is 0 Å². The number of nitrogens with one attached hydrogen (secondary N) is 1. The zero-order valence-electron chi connectivity index (χ0n) is 12.9. The van der Waals surface area contributed by atoms with Gasteiger partial charge in [-0.1, -0.05) is 24.8 Å². The number of aryl methyl sites for hydroxylation is 1. The van der Waals surface area contributed by atoms with Gasteiger partial charge in [-0.15, -0.1) is 0 Å². The molecule has 0 unspecified atom stereocenters. The van der Waals surface area contributed by atoms with Gasteiger partial charge >= 0.3 is 0 Å². The van der Waals surface area contributed by atoms with Gasteiger partial charge in [-0.05, 0) is 56.2 Å². The Morgan fingerprint density at radius 1 is 1.33 bits per heavy atom. The molecule has 1 amide bonds.